The van der Waals surface area contributed by atoms with Gasteiger partial charge in [-0.3, -0.25) is 0 Å². The average molecular weight is 448 g/mol. The van der Waals surface area contributed by atoms with Gasteiger partial charge in [-0.05, 0) is 6.42 Å². The molecule has 0 radical (unpaired) electrons. The maximum atomic E-state index is 12.9. The Kier molecular flexibility index (Phi) is 9.83. The molecule has 0 N–H and O–H groups in total. The SMILES string of the molecule is CCCC(COC(F)(F)C(F)F)(COC(F)(F)C(F)F)COC(F)(F)C(F)F. The first kappa shape index (κ1) is 27.0. The van der Waals surface area contributed by atoms with Gasteiger partial charge in [0.15, 0.2) is 0 Å². The van der Waals surface area contributed by atoms with Crippen molar-refractivity contribution < 1.29 is 66.9 Å². The van der Waals surface area contributed by atoms with Gasteiger partial charge in [0.1, 0.15) is 0 Å². The predicted molar refractivity (Wildman–Crippen MR) is 68.1 cm³/mol. The largest absolute Gasteiger partial charge is 0.416 e. The Morgan fingerprint density at radius 1 is 0.571 bits per heavy atom. The van der Waals surface area contributed by atoms with Crippen molar-refractivity contribution in [2.75, 3.05) is 19.8 Å². The van der Waals surface area contributed by atoms with E-state index in [4.69, 9.17) is 0 Å². The molecular formula is C13H16F12O3. The van der Waals surface area contributed by atoms with Crippen LogP contribution in [0.5, 0.6) is 0 Å². The lowest BCUT2D eigenvalue weighted by Gasteiger charge is -2.36. The second kappa shape index (κ2) is 10.2. The summed E-state index contributed by atoms with van der Waals surface area (Å²) in [7, 11) is 0. The summed E-state index contributed by atoms with van der Waals surface area (Å²) in [6, 6.07) is 0. The van der Waals surface area contributed by atoms with Crippen LogP contribution in [0.25, 0.3) is 0 Å². The van der Waals surface area contributed by atoms with Gasteiger partial charge in [-0.25, -0.2) is 26.3 Å². The highest BCUT2D eigenvalue weighted by molar-refractivity contribution is 4.81. The topological polar surface area (TPSA) is 27.7 Å². The van der Waals surface area contributed by atoms with Crippen LogP contribution in [0.1, 0.15) is 19.8 Å². The Labute approximate surface area is 150 Å². The molecular weight excluding hydrogens is 432 g/mol. The number of halogens is 12. The van der Waals surface area contributed by atoms with Crippen molar-refractivity contribution in [3.05, 3.63) is 0 Å². The third-order valence-electron chi connectivity index (χ3n) is 3.25. The van der Waals surface area contributed by atoms with Crippen LogP contribution in [0.4, 0.5) is 52.7 Å². The number of hydrogen-bond donors (Lipinski definition) is 0. The molecule has 0 spiro atoms. The van der Waals surface area contributed by atoms with Gasteiger partial charge in [-0.15, -0.1) is 0 Å². The van der Waals surface area contributed by atoms with Crippen LogP contribution in [-0.2, 0) is 14.2 Å². The van der Waals surface area contributed by atoms with E-state index in [1.54, 1.807) is 0 Å². The van der Waals surface area contributed by atoms with Crippen LogP contribution in [-0.4, -0.2) is 57.4 Å². The molecule has 0 bridgehead atoms. The molecule has 0 atom stereocenters. The van der Waals surface area contributed by atoms with E-state index in [1.165, 1.54) is 6.92 Å². The van der Waals surface area contributed by atoms with Gasteiger partial charge in [0.05, 0.1) is 19.8 Å². The van der Waals surface area contributed by atoms with E-state index >= 15 is 0 Å². The molecule has 0 aromatic rings. The molecule has 0 fully saturated rings. The number of hydrogen-bond acceptors (Lipinski definition) is 3. The molecule has 0 aliphatic rings. The lowest BCUT2D eigenvalue weighted by Crippen LogP contribution is -2.46. The van der Waals surface area contributed by atoms with E-state index in [9.17, 15) is 52.7 Å². The third-order valence-corrected chi connectivity index (χ3v) is 3.25. The quantitative estimate of drug-likeness (QED) is 0.334. The van der Waals surface area contributed by atoms with Gasteiger partial charge in [-0.2, -0.15) is 26.3 Å². The molecule has 28 heavy (non-hydrogen) atoms. The summed E-state index contributed by atoms with van der Waals surface area (Å²) in [5.41, 5.74) is -2.58. The fourth-order valence-corrected chi connectivity index (χ4v) is 1.81. The fourth-order valence-electron chi connectivity index (χ4n) is 1.81. The zero-order valence-electron chi connectivity index (χ0n) is 14.0. The molecule has 15 heteroatoms. The van der Waals surface area contributed by atoms with E-state index in [-0.39, 0.29) is 6.42 Å². The van der Waals surface area contributed by atoms with Crippen LogP contribution in [0.2, 0.25) is 0 Å². The molecule has 0 rings (SSSR count). The van der Waals surface area contributed by atoms with Gasteiger partial charge < -0.3 is 14.2 Å². The molecule has 170 valence electrons. The molecule has 0 aliphatic heterocycles. The summed E-state index contributed by atoms with van der Waals surface area (Å²) in [5.74, 6) is 0. The third kappa shape index (κ3) is 8.19. The molecule has 0 saturated heterocycles. The summed E-state index contributed by atoms with van der Waals surface area (Å²) in [5, 5.41) is 0. The van der Waals surface area contributed by atoms with E-state index in [1.807, 2.05) is 0 Å². The monoisotopic (exact) mass is 448 g/mol. The van der Waals surface area contributed by atoms with E-state index in [0.29, 0.717) is 0 Å². The van der Waals surface area contributed by atoms with E-state index < -0.39 is 69.3 Å². The summed E-state index contributed by atoms with van der Waals surface area (Å²) in [6.07, 6.45) is -29.7. The predicted octanol–water partition coefficient (Wildman–Crippen LogP) is 5.40. The first-order chi connectivity index (χ1) is 12.5. The average Bonchev–Trinajstić information content (AvgIpc) is 2.56. The second-order valence-electron chi connectivity index (χ2n) is 5.70. The summed E-state index contributed by atoms with van der Waals surface area (Å²) in [4.78, 5) is 0. The first-order valence-electron chi connectivity index (χ1n) is 7.41. The standard InChI is InChI=1S/C13H16F12O3/c1-2-3-10(4-26-11(20,21)7(14)15,5-27-12(22,23)8(16)17)6-28-13(24,25)9(18)19/h7-9H,2-6H2,1H3. The summed E-state index contributed by atoms with van der Waals surface area (Å²) < 4.78 is 161. The minimum atomic E-state index is -5.17. The Bertz CT molecular complexity index is 398. The maximum Gasteiger partial charge on any atom is 0.416 e. The van der Waals surface area contributed by atoms with Crippen LogP contribution < -0.4 is 0 Å². The minimum Gasteiger partial charge on any atom is -0.315 e. The molecule has 0 aromatic carbocycles. The number of rotatable bonds is 14. The van der Waals surface area contributed by atoms with Crippen molar-refractivity contribution in [1.29, 1.82) is 0 Å². The van der Waals surface area contributed by atoms with Crippen LogP contribution >= 0.6 is 0 Å². The smallest absolute Gasteiger partial charge is 0.315 e. The molecule has 0 unspecified atom stereocenters. The fraction of sp³-hybridized carbons (Fsp3) is 1.00. The Morgan fingerprint density at radius 3 is 1.00 bits per heavy atom. The molecule has 0 amide bonds. The molecule has 0 aliphatic carbocycles. The van der Waals surface area contributed by atoms with Gasteiger partial charge in [0, 0.05) is 5.41 Å². The van der Waals surface area contributed by atoms with Gasteiger partial charge in [-0.1, -0.05) is 13.3 Å². The molecule has 0 aromatic heterocycles. The van der Waals surface area contributed by atoms with Gasteiger partial charge in [0.25, 0.3) is 0 Å². The summed E-state index contributed by atoms with van der Waals surface area (Å²) >= 11 is 0. The van der Waals surface area contributed by atoms with Crippen LogP contribution in [0, 0.1) is 5.41 Å². The minimum absolute atomic E-state index is 0.211. The first-order valence-corrected chi connectivity index (χ1v) is 7.41. The molecule has 3 nitrogen and oxygen atoms in total. The zero-order chi connectivity index (χ0) is 22.4. The normalized spacial score (nSPS) is 14.6. The van der Waals surface area contributed by atoms with E-state index in [0.717, 1.165) is 0 Å². The van der Waals surface area contributed by atoms with Crippen LogP contribution in [0.15, 0.2) is 0 Å². The zero-order valence-corrected chi connectivity index (χ0v) is 14.0. The van der Waals surface area contributed by atoms with Crippen molar-refractivity contribution in [1.82, 2.24) is 0 Å². The van der Waals surface area contributed by atoms with Crippen molar-refractivity contribution in [2.24, 2.45) is 5.41 Å². The number of ether oxygens (including phenoxy) is 3. The Balaban J connectivity index is 5.58. The highest BCUT2D eigenvalue weighted by atomic mass is 19.3. The lowest BCUT2D eigenvalue weighted by molar-refractivity contribution is -0.348. The van der Waals surface area contributed by atoms with E-state index in [2.05, 4.69) is 14.2 Å². The summed E-state index contributed by atoms with van der Waals surface area (Å²) in [6.45, 7) is -3.94. The number of alkyl halides is 12. The van der Waals surface area contributed by atoms with Gasteiger partial charge in [0.2, 0.25) is 0 Å². The Hall–Kier alpha value is -0.960. The van der Waals surface area contributed by atoms with Crippen molar-refractivity contribution in [3.63, 3.8) is 0 Å². The van der Waals surface area contributed by atoms with Crippen molar-refractivity contribution in [2.45, 2.75) is 57.4 Å². The van der Waals surface area contributed by atoms with Gasteiger partial charge >= 0.3 is 37.6 Å². The highest BCUT2D eigenvalue weighted by Crippen LogP contribution is 2.36. The lowest BCUT2D eigenvalue weighted by atomic mass is 9.85. The maximum absolute atomic E-state index is 12.9. The van der Waals surface area contributed by atoms with Crippen LogP contribution in [0.3, 0.4) is 0 Å². The molecule has 0 saturated carbocycles. The van der Waals surface area contributed by atoms with Crippen molar-refractivity contribution in [3.8, 4) is 0 Å². The highest BCUT2D eigenvalue weighted by Gasteiger charge is 2.50. The van der Waals surface area contributed by atoms with Crippen molar-refractivity contribution >= 4 is 0 Å². The Morgan fingerprint density at radius 2 is 0.821 bits per heavy atom. The molecule has 0 heterocycles. The second-order valence-corrected chi connectivity index (χ2v) is 5.70.